The zero-order valence-electron chi connectivity index (χ0n) is 14.2. The summed E-state index contributed by atoms with van der Waals surface area (Å²) in [5, 5.41) is 0. The lowest BCUT2D eigenvalue weighted by Gasteiger charge is -2.16. The third kappa shape index (κ3) is 5.20. The van der Waals surface area contributed by atoms with E-state index in [0.29, 0.717) is 5.56 Å². The average Bonchev–Trinajstić information content (AvgIpc) is 2.64. The second-order valence-corrected chi connectivity index (χ2v) is 5.90. The van der Waals surface area contributed by atoms with Gasteiger partial charge in [-0.15, -0.1) is 13.2 Å². The Hall–Kier alpha value is -3.08. The number of halogens is 4. The van der Waals surface area contributed by atoms with Crippen molar-refractivity contribution in [3.63, 3.8) is 0 Å². The average molecular weight is 372 g/mol. The molecule has 0 fully saturated rings. The van der Waals surface area contributed by atoms with Gasteiger partial charge in [-0.1, -0.05) is 72.8 Å². The van der Waals surface area contributed by atoms with Gasteiger partial charge in [0.15, 0.2) is 0 Å². The van der Waals surface area contributed by atoms with Crippen LogP contribution < -0.4 is 4.74 Å². The lowest BCUT2D eigenvalue weighted by Crippen LogP contribution is -2.16. The summed E-state index contributed by atoms with van der Waals surface area (Å²) in [4.78, 5) is 0. The Balaban J connectivity index is 1.91. The molecule has 0 atom stereocenters. The van der Waals surface area contributed by atoms with Crippen LogP contribution in [0.2, 0.25) is 0 Å². The minimum absolute atomic E-state index is 0.345. The Morgan fingerprint density at radius 2 is 1.22 bits per heavy atom. The van der Waals surface area contributed by atoms with Gasteiger partial charge in [-0.3, -0.25) is 0 Å². The largest absolute Gasteiger partial charge is 0.573 e. The van der Waals surface area contributed by atoms with Crippen LogP contribution in [0.15, 0.2) is 90.8 Å². The van der Waals surface area contributed by atoms with E-state index in [1.54, 1.807) is 0 Å². The summed E-state index contributed by atoms with van der Waals surface area (Å²) >= 11 is 0. The quantitative estimate of drug-likeness (QED) is 0.451. The van der Waals surface area contributed by atoms with Crippen molar-refractivity contribution in [2.75, 3.05) is 0 Å². The van der Waals surface area contributed by atoms with Crippen molar-refractivity contribution in [2.24, 2.45) is 0 Å². The van der Waals surface area contributed by atoms with E-state index in [9.17, 15) is 13.2 Å². The van der Waals surface area contributed by atoms with E-state index >= 15 is 4.39 Å². The van der Waals surface area contributed by atoms with Crippen molar-refractivity contribution in [3.05, 3.63) is 107 Å². The van der Waals surface area contributed by atoms with Crippen LogP contribution in [0, 0.1) is 0 Å². The third-order valence-corrected chi connectivity index (χ3v) is 3.96. The highest BCUT2D eigenvalue weighted by Gasteiger charge is 2.31. The van der Waals surface area contributed by atoms with Gasteiger partial charge in [0.1, 0.15) is 11.6 Å². The molecule has 3 aromatic rings. The van der Waals surface area contributed by atoms with E-state index in [0.717, 1.165) is 23.3 Å². The van der Waals surface area contributed by atoms with Gasteiger partial charge in [0.25, 0.3) is 0 Å². The molecule has 0 radical (unpaired) electrons. The summed E-state index contributed by atoms with van der Waals surface area (Å²) in [6.07, 6.45) is -3.43. The highest BCUT2D eigenvalue weighted by atomic mass is 19.4. The number of allylic oxidation sites excluding steroid dienone is 1. The maximum absolute atomic E-state index is 15.1. The number of rotatable bonds is 5. The van der Waals surface area contributed by atoms with E-state index in [4.69, 9.17) is 0 Å². The summed E-state index contributed by atoms with van der Waals surface area (Å²) in [7, 11) is 0. The van der Waals surface area contributed by atoms with Gasteiger partial charge in [-0.05, 0) is 34.9 Å². The first kappa shape index (κ1) is 18.7. The SMILES string of the molecule is F/C(=C\c1ccc(OC(F)(F)F)cc1)C(c1ccccc1)c1ccccc1. The molecule has 0 heterocycles. The highest BCUT2D eigenvalue weighted by Crippen LogP contribution is 2.34. The number of benzene rings is 3. The molecule has 0 unspecified atom stereocenters. The van der Waals surface area contributed by atoms with Crippen LogP contribution in [0.5, 0.6) is 5.75 Å². The maximum Gasteiger partial charge on any atom is 0.573 e. The van der Waals surface area contributed by atoms with Crippen molar-refractivity contribution in [1.29, 1.82) is 0 Å². The second-order valence-electron chi connectivity index (χ2n) is 5.90. The van der Waals surface area contributed by atoms with Crippen molar-refractivity contribution < 1.29 is 22.3 Å². The molecule has 0 bridgehead atoms. The molecule has 0 aliphatic carbocycles. The fourth-order valence-electron chi connectivity index (χ4n) is 2.81. The monoisotopic (exact) mass is 372 g/mol. The first-order valence-corrected chi connectivity index (χ1v) is 8.25. The fourth-order valence-corrected chi connectivity index (χ4v) is 2.81. The molecular weight excluding hydrogens is 356 g/mol. The summed E-state index contributed by atoms with van der Waals surface area (Å²) in [6.45, 7) is 0. The third-order valence-electron chi connectivity index (χ3n) is 3.96. The van der Waals surface area contributed by atoms with Crippen LogP contribution in [0.1, 0.15) is 22.6 Å². The number of hydrogen-bond donors (Lipinski definition) is 0. The van der Waals surface area contributed by atoms with Crippen molar-refractivity contribution in [2.45, 2.75) is 12.3 Å². The molecule has 0 spiro atoms. The zero-order chi connectivity index (χ0) is 19.3. The smallest absolute Gasteiger partial charge is 0.406 e. The van der Waals surface area contributed by atoms with Gasteiger partial charge in [-0.25, -0.2) is 4.39 Å². The van der Waals surface area contributed by atoms with E-state index in [-0.39, 0.29) is 5.75 Å². The normalized spacial score (nSPS) is 12.3. The number of ether oxygens (including phenoxy) is 1. The molecule has 0 aliphatic rings. The molecule has 0 saturated carbocycles. The molecule has 27 heavy (non-hydrogen) atoms. The Labute approximate surface area is 154 Å². The minimum atomic E-state index is -4.76. The van der Waals surface area contributed by atoms with Gasteiger partial charge < -0.3 is 4.74 Å². The summed E-state index contributed by atoms with van der Waals surface area (Å²) in [5.41, 5.74) is 2.02. The maximum atomic E-state index is 15.1. The molecule has 138 valence electrons. The first-order valence-electron chi connectivity index (χ1n) is 8.25. The van der Waals surface area contributed by atoms with Gasteiger partial charge in [0.2, 0.25) is 0 Å². The second kappa shape index (κ2) is 8.08. The summed E-state index contributed by atoms with van der Waals surface area (Å²) < 4.78 is 55.7. The van der Waals surface area contributed by atoms with E-state index in [2.05, 4.69) is 4.74 Å². The zero-order valence-corrected chi connectivity index (χ0v) is 14.2. The summed E-state index contributed by atoms with van der Waals surface area (Å²) in [5.74, 6) is -1.35. The summed E-state index contributed by atoms with van der Waals surface area (Å²) in [6, 6.07) is 23.5. The fraction of sp³-hybridized carbons (Fsp3) is 0.0909. The van der Waals surface area contributed by atoms with E-state index in [1.807, 2.05) is 60.7 Å². The van der Waals surface area contributed by atoms with Gasteiger partial charge in [0.05, 0.1) is 5.92 Å². The topological polar surface area (TPSA) is 9.23 Å². The number of hydrogen-bond acceptors (Lipinski definition) is 1. The van der Waals surface area contributed by atoms with E-state index < -0.39 is 18.1 Å². The Morgan fingerprint density at radius 1 is 0.741 bits per heavy atom. The predicted octanol–water partition coefficient (Wildman–Crippen LogP) is 6.73. The van der Waals surface area contributed by atoms with Gasteiger partial charge in [0, 0.05) is 0 Å². The predicted molar refractivity (Wildman–Crippen MR) is 96.9 cm³/mol. The Morgan fingerprint density at radius 3 is 1.67 bits per heavy atom. The molecule has 3 rings (SSSR count). The number of alkyl halides is 3. The molecular formula is C22H16F4O. The first-order chi connectivity index (χ1) is 12.9. The molecule has 5 heteroatoms. The minimum Gasteiger partial charge on any atom is -0.406 e. The molecule has 0 saturated heterocycles. The Kier molecular flexibility index (Phi) is 5.60. The standard InChI is InChI=1S/C22H16F4O/c23-20(15-16-11-13-19(14-12-16)27-22(24,25)26)21(17-7-3-1-4-8-17)18-9-5-2-6-10-18/h1-15,21H/b20-15-. The highest BCUT2D eigenvalue weighted by molar-refractivity contribution is 5.56. The van der Waals surface area contributed by atoms with Crippen LogP contribution in [0.4, 0.5) is 17.6 Å². The van der Waals surface area contributed by atoms with Gasteiger partial charge in [-0.2, -0.15) is 0 Å². The van der Waals surface area contributed by atoms with Crippen LogP contribution in [-0.4, -0.2) is 6.36 Å². The van der Waals surface area contributed by atoms with Gasteiger partial charge >= 0.3 is 6.36 Å². The molecule has 3 aromatic carbocycles. The molecule has 0 aliphatic heterocycles. The van der Waals surface area contributed by atoms with E-state index in [1.165, 1.54) is 18.2 Å². The van der Waals surface area contributed by atoms with Crippen LogP contribution in [0.25, 0.3) is 6.08 Å². The van der Waals surface area contributed by atoms with Crippen molar-refractivity contribution >= 4 is 6.08 Å². The molecule has 1 nitrogen and oxygen atoms in total. The Bertz CT molecular complexity index is 846. The lowest BCUT2D eigenvalue weighted by atomic mass is 9.89. The van der Waals surface area contributed by atoms with Crippen molar-refractivity contribution in [3.8, 4) is 5.75 Å². The molecule has 0 N–H and O–H groups in total. The van der Waals surface area contributed by atoms with Crippen LogP contribution >= 0.6 is 0 Å². The molecule has 0 amide bonds. The lowest BCUT2D eigenvalue weighted by molar-refractivity contribution is -0.274. The molecule has 0 aromatic heterocycles. The van der Waals surface area contributed by atoms with Crippen molar-refractivity contribution in [1.82, 2.24) is 0 Å². The van der Waals surface area contributed by atoms with Crippen LogP contribution in [0.3, 0.4) is 0 Å². The van der Waals surface area contributed by atoms with Crippen LogP contribution in [-0.2, 0) is 0 Å².